The molecule has 30 heavy (non-hydrogen) atoms. The van der Waals surface area contributed by atoms with Gasteiger partial charge in [-0.1, -0.05) is 18.2 Å². The van der Waals surface area contributed by atoms with Crippen LogP contribution in [0.3, 0.4) is 0 Å². The van der Waals surface area contributed by atoms with Crippen molar-refractivity contribution in [1.82, 2.24) is 30.2 Å². The molecule has 0 aliphatic carbocycles. The van der Waals surface area contributed by atoms with Crippen LogP contribution in [0.2, 0.25) is 0 Å². The second-order valence-electron chi connectivity index (χ2n) is 8.19. The lowest BCUT2D eigenvalue weighted by Gasteiger charge is -2.37. The number of ether oxygens (including phenoxy) is 1. The minimum atomic E-state index is 0.120. The molecule has 3 aromatic heterocycles. The van der Waals surface area contributed by atoms with Crippen molar-refractivity contribution in [2.45, 2.75) is 31.3 Å². The predicted octanol–water partition coefficient (Wildman–Crippen LogP) is 3.70. The van der Waals surface area contributed by atoms with E-state index in [2.05, 4.69) is 49.5 Å². The summed E-state index contributed by atoms with van der Waals surface area (Å²) in [5, 5.41) is 5.22. The second-order valence-corrected chi connectivity index (χ2v) is 8.19. The van der Waals surface area contributed by atoms with Crippen molar-refractivity contribution in [3.63, 3.8) is 0 Å². The standard InChI is InChI=1S/C23H24N6O/c1-2-4-17-15(3-1)16-11-18(23-26-13-20(29-23)19-12-24-7-8-25-19)28-21(22(16)27-17)14-5-9-30-10-6-14/h1-4,7-8,12-14,18,21,27-28H,5-6,9-11H2,(H,26,29)/t18-,21-/m1/s1. The summed E-state index contributed by atoms with van der Waals surface area (Å²) in [7, 11) is 0. The maximum atomic E-state index is 5.63. The molecule has 1 fully saturated rings. The maximum absolute atomic E-state index is 5.63. The summed E-state index contributed by atoms with van der Waals surface area (Å²) in [5.41, 5.74) is 5.65. The second kappa shape index (κ2) is 7.34. The average Bonchev–Trinajstić information content (AvgIpc) is 3.45. The van der Waals surface area contributed by atoms with Gasteiger partial charge in [-0.15, -0.1) is 0 Å². The van der Waals surface area contributed by atoms with E-state index in [0.717, 1.165) is 49.7 Å². The van der Waals surface area contributed by atoms with E-state index in [-0.39, 0.29) is 12.1 Å². The molecule has 1 saturated heterocycles. The molecule has 5 heterocycles. The highest BCUT2D eigenvalue weighted by atomic mass is 16.5. The SMILES string of the molecule is c1ccc2c3c([nH]c2c1)[C@@H](C1CCOCC1)N[C@@H](c1ncc(-c2cnccn2)[nH]1)C3. The molecule has 1 aromatic carbocycles. The van der Waals surface area contributed by atoms with Crippen molar-refractivity contribution >= 4 is 10.9 Å². The van der Waals surface area contributed by atoms with Gasteiger partial charge in [-0.25, -0.2) is 4.98 Å². The normalized spacial score (nSPS) is 22.3. The zero-order valence-corrected chi connectivity index (χ0v) is 16.6. The van der Waals surface area contributed by atoms with Crippen LogP contribution < -0.4 is 5.32 Å². The smallest absolute Gasteiger partial charge is 0.124 e. The van der Waals surface area contributed by atoms with Gasteiger partial charge in [0.2, 0.25) is 0 Å². The van der Waals surface area contributed by atoms with E-state index in [0.29, 0.717) is 5.92 Å². The highest BCUT2D eigenvalue weighted by Crippen LogP contribution is 2.41. The van der Waals surface area contributed by atoms with Crippen LogP contribution in [-0.4, -0.2) is 38.1 Å². The number of hydrogen-bond donors (Lipinski definition) is 3. The number of benzene rings is 1. The first-order chi connectivity index (χ1) is 14.9. The fourth-order valence-corrected chi connectivity index (χ4v) is 4.95. The lowest BCUT2D eigenvalue weighted by atomic mass is 9.83. The summed E-state index contributed by atoms with van der Waals surface area (Å²) in [4.78, 5) is 20.5. The Bertz CT molecular complexity index is 1160. The number of hydrogen-bond acceptors (Lipinski definition) is 5. The minimum Gasteiger partial charge on any atom is -0.381 e. The Morgan fingerprint density at radius 2 is 1.87 bits per heavy atom. The predicted molar refractivity (Wildman–Crippen MR) is 114 cm³/mol. The third-order valence-electron chi connectivity index (χ3n) is 6.45. The molecule has 0 radical (unpaired) electrons. The van der Waals surface area contributed by atoms with Crippen LogP contribution in [0.1, 0.15) is 42.0 Å². The first kappa shape index (κ1) is 17.8. The number of fused-ring (bicyclic) bond motifs is 3. The van der Waals surface area contributed by atoms with Crippen LogP contribution in [0.5, 0.6) is 0 Å². The van der Waals surface area contributed by atoms with Crippen molar-refractivity contribution in [3.05, 3.63) is 66.1 Å². The van der Waals surface area contributed by atoms with Crippen LogP contribution in [0.25, 0.3) is 22.3 Å². The molecule has 6 rings (SSSR count). The van der Waals surface area contributed by atoms with Crippen molar-refractivity contribution < 1.29 is 4.74 Å². The zero-order chi connectivity index (χ0) is 19.9. The number of para-hydroxylation sites is 1. The first-order valence-corrected chi connectivity index (χ1v) is 10.6. The Labute approximate surface area is 174 Å². The summed E-state index contributed by atoms with van der Waals surface area (Å²) in [6, 6.07) is 8.99. The Morgan fingerprint density at radius 3 is 2.73 bits per heavy atom. The summed E-state index contributed by atoms with van der Waals surface area (Å²) in [5.74, 6) is 1.49. The van der Waals surface area contributed by atoms with Crippen LogP contribution in [0.15, 0.2) is 49.1 Å². The van der Waals surface area contributed by atoms with Crippen molar-refractivity contribution in [2.75, 3.05) is 13.2 Å². The highest BCUT2D eigenvalue weighted by Gasteiger charge is 2.36. The van der Waals surface area contributed by atoms with Crippen LogP contribution in [-0.2, 0) is 11.2 Å². The Hall–Kier alpha value is -3.03. The number of aromatic amines is 2. The van der Waals surface area contributed by atoms with Gasteiger partial charge in [0.15, 0.2) is 0 Å². The number of nitrogens with one attached hydrogen (secondary N) is 3. The number of nitrogens with zero attached hydrogens (tertiary/aromatic N) is 3. The average molecular weight is 400 g/mol. The lowest BCUT2D eigenvalue weighted by Crippen LogP contribution is -2.39. The Morgan fingerprint density at radius 1 is 0.967 bits per heavy atom. The van der Waals surface area contributed by atoms with E-state index >= 15 is 0 Å². The molecule has 0 unspecified atom stereocenters. The van der Waals surface area contributed by atoms with E-state index in [1.807, 2.05) is 6.20 Å². The molecule has 2 aliphatic heterocycles. The zero-order valence-electron chi connectivity index (χ0n) is 16.6. The van der Waals surface area contributed by atoms with Gasteiger partial charge in [0, 0.05) is 42.2 Å². The molecule has 0 saturated carbocycles. The van der Waals surface area contributed by atoms with E-state index < -0.39 is 0 Å². The molecule has 7 nitrogen and oxygen atoms in total. The Kier molecular flexibility index (Phi) is 4.35. The van der Waals surface area contributed by atoms with Gasteiger partial charge in [-0.3, -0.25) is 15.3 Å². The van der Waals surface area contributed by atoms with Crippen LogP contribution in [0, 0.1) is 5.92 Å². The van der Waals surface area contributed by atoms with Crippen molar-refractivity contribution in [3.8, 4) is 11.4 Å². The molecule has 0 bridgehead atoms. The number of H-pyrrole nitrogens is 2. The number of rotatable bonds is 3. The molecular formula is C23H24N6O. The molecule has 152 valence electrons. The summed E-state index contributed by atoms with van der Waals surface area (Å²) in [6.07, 6.45) is 10.0. The minimum absolute atomic E-state index is 0.120. The van der Waals surface area contributed by atoms with Crippen molar-refractivity contribution in [1.29, 1.82) is 0 Å². The summed E-state index contributed by atoms with van der Waals surface area (Å²) in [6.45, 7) is 1.67. The van der Waals surface area contributed by atoms with Gasteiger partial charge >= 0.3 is 0 Å². The maximum Gasteiger partial charge on any atom is 0.124 e. The van der Waals surface area contributed by atoms with Gasteiger partial charge < -0.3 is 14.7 Å². The topological polar surface area (TPSA) is 91.5 Å². The van der Waals surface area contributed by atoms with Gasteiger partial charge in [-0.2, -0.15) is 0 Å². The van der Waals surface area contributed by atoms with Gasteiger partial charge in [0.05, 0.1) is 30.2 Å². The quantitative estimate of drug-likeness (QED) is 0.488. The molecule has 0 amide bonds. The molecular weight excluding hydrogens is 376 g/mol. The Balaban J connectivity index is 1.39. The fraction of sp³-hybridized carbons (Fsp3) is 0.348. The number of imidazole rings is 1. The lowest BCUT2D eigenvalue weighted by molar-refractivity contribution is 0.0497. The van der Waals surface area contributed by atoms with Crippen molar-refractivity contribution in [2.24, 2.45) is 5.92 Å². The highest BCUT2D eigenvalue weighted by molar-refractivity contribution is 5.85. The molecule has 3 N–H and O–H groups in total. The van der Waals surface area contributed by atoms with E-state index in [4.69, 9.17) is 9.72 Å². The third-order valence-corrected chi connectivity index (χ3v) is 6.45. The largest absolute Gasteiger partial charge is 0.381 e. The van der Waals surface area contributed by atoms with Gasteiger partial charge in [0.25, 0.3) is 0 Å². The van der Waals surface area contributed by atoms with E-state index in [9.17, 15) is 0 Å². The summed E-state index contributed by atoms with van der Waals surface area (Å²) < 4.78 is 5.63. The van der Waals surface area contributed by atoms with E-state index in [1.165, 1.54) is 22.2 Å². The van der Waals surface area contributed by atoms with Gasteiger partial charge in [0.1, 0.15) is 11.5 Å². The molecule has 7 heteroatoms. The first-order valence-electron chi connectivity index (χ1n) is 10.6. The molecule has 2 atom stereocenters. The molecule has 2 aliphatic rings. The third kappa shape index (κ3) is 3.02. The monoisotopic (exact) mass is 400 g/mol. The molecule has 4 aromatic rings. The van der Waals surface area contributed by atoms with E-state index in [1.54, 1.807) is 18.6 Å². The number of aromatic nitrogens is 5. The fourth-order valence-electron chi connectivity index (χ4n) is 4.95. The van der Waals surface area contributed by atoms with Gasteiger partial charge in [-0.05, 0) is 36.8 Å². The van der Waals surface area contributed by atoms with Crippen LogP contribution >= 0.6 is 0 Å². The summed E-state index contributed by atoms with van der Waals surface area (Å²) >= 11 is 0. The van der Waals surface area contributed by atoms with Crippen LogP contribution in [0.4, 0.5) is 0 Å². The molecule has 0 spiro atoms.